The summed E-state index contributed by atoms with van der Waals surface area (Å²) in [6, 6.07) is 0. The third-order valence-electron chi connectivity index (χ3n) is 2.61. The first-order chi connectivity index (χ1) is 5.27. The van der Waals surface area contributed by atoms with E-state index >= 15 is 0 Å². The minimum atomic E-state index is 0.482. The molecule has 0 aromatic heterocycles. The maximum atomic E-state index is 6.20. The third kappa shape index (κ3) is 1.72. The van der Waals surface area contributed by atoms with Crippen LogP contribution in [0.1, 0.15) is 25.7 Å². The Balaban J connectivity index is 2.02. The van der Waals surface area contributed by atoms with Gasteiger partial charge in [-0.3, -0.25) is 0 Å². The fourth-order valence-corrected chi connectivity index (χ4v) is 6.40. The SMILES string of the molecule is ClC1CCC2[Se]C1CCC2Cl. The van der Waals surface area contributed by atoms with Crippen molar-refractivity contribution in [3.05, 3.63) is 0 Å². The summed E-state index contributed by atoms with van der Waals surface area (Å²) in [7, 11) is 0. The molecule has 2 aliphatic heterocycles. The topological polar surface area (TPSA) is 0 Å². The van der Waals surface area contributed by atoms with Gasteiger partial charge in [0.1, 0.15) is 0 Å². The quantitative estimate of drug-likeness (QED) is 0.462. The molecule has 0 amide bonds. The molecule has 2 fully saturated rings. The van der Waals surface area contributed by atoms with E-state index in [1.165, 1.54) is 25.7 Å². The first kappa shape index (κ1) is 8.69. The monoisotopic (exact) mass is 258 g/mol. The van der Waals surface area contributed by atoms with Gasteiger partial charge in [0.05, 0.1) is 0 Å². The van der Waals surface area contributed by atoms with Crippen LogP contribution in [-0.2, 0) is 0 Å². The van der Waals surface area contributed by atoms with E-state index in [0.717, 1.165) is 24.6 Å². The van der Waals surface area contributed by atoms with Gasteiger partial charge < -0.3 is 0 Å². The normalized spacial score (nSPS) is 50.7. The molecule has 0 N–H and O–H groups in total. The van der Waals surface area contributed by atoms with Crippen LogP contribution >= 0.6 is 23.2 Å². The van der Waals surface area contributed by atoms with E-state index in [0.29, 0.717) is 10.8 Å². The molecule has 0 aromatic rings. The molecule has 0 saturated carbocycles. The Labute approximate surface area is 84.2 Å². The van der Waals surface area contributed by atoms with Gasteiger partial charge in [-0.15, -0.1) is 0 Å². The Bertz CT molecular complexity index is 135. The van der Waals surface area contributed by atoms with Crippen molar-refractivity contribution in [2.45, 2.75) is 46.1 Å². The minimum absolute atomic E-state index is 0.482. The first-order valence-electron chi connectivity index (χ1n) is 4.21. The van der Waals surface area contributed by atoms with Crippen molar-refractivity contribution in [2.24, 2.45) is 0 Å². The van der Waals surface area contributed by atoms with Gasteiger partial charge in [0.15, 0.2) is 0 Å². The van der Waals surface area contributed by atoms with Crippen molar-refractivity contribution < 1.29 is 0 Å². The van der Waals surface area contributed by atoms with Crippen LogP contribution in [0.5, 0.6) is 0 Å². The van der Waals surface area contributed by atoms with Crippen LogP contribution in [0.2, 0.25) is 9.63 Å². The molecule has 0 radical (unpaired) electrons. The van der Waals surface area contributed by atoms with E-state index in [2.05, 4.69) is 0 Å². The number of hydrogen-bond donors (Lipinski definition) is 0. The fraction of sp³-hybridized carbons (Fsp3) is 1.00. The molecule has 2 saturated heterocycles. The van der Waals surface area contributed by atoms with E-state index in [1.807, 2.05) is 0 Å². The van der Waals surface area contributed by atoms with Gasteiger partial charge in [0, 0.05) is 0 Å². The summed E-state index contributed by atoms with van der Waals surface area (Å²) in [5.74, 6) is 0. The molecular weight excluding hydrogens is 246 g/mol. The zero-order chi connectivity index (χ0) is 7.84. The predicted molar refractivity (Wildman–Crippen MR) is 51.0 cm³/mol. The van der Waals surface area contributed by atoms with Crippen molar-refractivity contribution in [3.8, 4) is 0 Å². The van der Waals surface area contributed by atoms with E-state index in [-0.39, 0.29) is 0 Å². The second kappa shape index (κ2) is 3.46. The van der Waals surface area contributed by atoms with E-state index in [9.17, 15) is 0 Å². The Hall–Kier alpha value is 1.10. The van der Waals surface area contributed by atoms with Gasteiger partial charge >= 0.3 is 84.2 Å². The van der Waals surface area contributed by atoms with Crippen LogP contribution in [0.15, 0.2) is 0 Å². The second-order valence-corrected chi connectivity index (χ2v) is 7.63. The fourth-order valence-electron chi connectivity index (χ4n) is 1.91. The molecule has 0 nitrogen and oxygen atoms in total. The number of alkyl halides is 2. The molecule has 4 unspecified atom stereocenters. The zero-order valence-corrected chi connectivity index (χ0v) is 9.53. The summed E-state index contributed by atoms with van der Waals surface area (Å²) in [5, 5.41) is 0.964. The van der Waals surface area contributed by atoms with Gasteiger partial charge in [-0.2, -0.15) is 0 Å². The van der Waals surface area contributed by atoms with Crippen LogP contribution in [0.3, 0.4) is 0 Å². The van der Waals surface area contributed by atoms with Crippen LogP contribution in [0.25, 0.3) is 0 Å². The number of fused-ring (bicyclic) bond motifs is 2. The summed E-state index contributed by atoms with van der Waals surface area (Å²) in [6.07, 6.45) is 5.00. The summed E-state index contributed by atoms with van der Waals surface area (Å²) >= 11 is 13.1. The average molecular weight is 258 g/mol. The van der Waals surface area contributed by atoms with Crippen molar-refractivity contribution in [1.29, 1.82) is 0 Å². The van der Waals surface area contributed by atoms with Crippen molar-refractivity contribution in [2.75, 3.05) is 0 Å². The Morgan fingerprint density at radius 1 is 0.818 bits per heavy atom. The van der Waals surface area contributed by atoms with Gasteiger partial charge in [-0.25, -0.2) is 0 Å². The van der Waals surface area contributed by atoms with Crippen molar-refractivity contribution >= 4 is 38.2 Å². The average Bonchev–Trinajstić information content (AvgIpc) is 2.02. The summed E-state index contributed by atoms with van der Waals surface area (Å²) in [6.45, 7) is 0. The number of halogens is 2. The molecule has 2 bridgehead atoms. The zero-order valence-electron chi connectivity index (χ0n) is 6.30. The van der Waals surface area contributed by atoms with Crippen LogP contribution < -0.4 is 0 Å². The van der Waals surface area contributed by atoms with E-state index in [4.69, 9.17) is 23.2 Å². The standard InChI is InChI=1S/C8H12Cl2Se/c9-5-1-3-7-6(10)2-4-8(5)11-7/h5-8H,1-4H2. The molecular formula is C8H12Cl2Se. The van der Waals surface area contributed by atoms with E-state index < -0.39 is 0 Å². The van der Waals surface area contributed by atoms with Crippen molar-refractivity contribution in [3.63, 3.8) is 0 Å². The number of rotatable bonds is 0. The molecule has 11 heavy (non-hydrogen) atoms. The molecule has 3 heteroatoms. The third-order valence-corrected chi connectivity index (χ3v) is 8.17. The van der Waals surface area contributed by atoms with Gasteiger partial charge in [0.2, 0.25) is 0 Å². The molecule has 64 valence electrons. The van der Waals surface area contributed by atoms with Crippen LogP contribution in [0.4, 0.5) is 0 Å². The Morgan fingerprint density at radius 2 is 1.27 bits per heavy atom. The summed E-state index contributed by atoms with van der Waals surface area (Å²) in [5.41, 5.74) is 0. The van der Waals surface area contributed by atoms with Crippen LogP contribution in [0, 0.1) is 0 Å². The van der Waals surface area contributed by atoms with Gasteiger partial charge in [-0.05, 0) is 0 Å². The summed E-state index contributed by atoms with van der Waals surface area (Å²) < 4.78 is 0. The van der Waals surface area contributed by atoms with Crippen LogP contribution in [-0.4, -0.2) is 25.7 Å². The molecule has 2 rings (SSSR count). The van der Waals surface area contributed by atoms with Gasteiger partial charge in [-0.1, -0.05) is 0 Å². The second-order valence-electron chi connectivity index (χ2n) is 3.40. The molecule has 4 atom stereocenters. The molecule has 2 aliphatic rings. The van der Waals surface area contributed by atoms with Gasteiger partial charge in [0.25, 0.3) is 0 Å². The molecule has 0 aromatic carbocycles. The molecule has 2 heterocycles. The number of hydrogen-bond acceptors (Lipinski definition) is 0. The first-order valence-corrected chi connectivity index (χ1v) is 7.06. The Morgan fingerprint density at radius 3 is 1.73 bits per heavy atom. The molecule has 0 spiro atoms. The Kier molecular flexibility index (Phi) is 2.73. The summed E-state index contributed by atoms with van der Waals surface area (Å²) in [4.78, 5) is 1.69. The van der Waals surface area contributed by atoms with Crippen molar-refractivity contribution in [1.82, 2.24) is 0 Å². The van der Waals surface area contributed by atoms with E-state index in [1.54, 1.807) is 0 Å². The maximum absolute atomic E-state index is 6.20. The molecule has 0 aliphatic carbocycles. The predicted octanol–water partition coefficient (Wildman–Crippen LogP) is 3.07.